The summed E-state index contributed by atoms with van der Waals surface area (Å²) in [4.78, 5) is 0. The Morgan fingerprint density at radius 3 is 2.86 bits per heavy atom. The zero-order chi connectivity index (χ0) is 10.6. The van der Waals surface area contributed by atoms with Crippen LogP contribution in [0.15, 0.2) is 12.1 Å². The first-order valence-electron chi connectivity index (χ1n) is 3.64. The molecule has 1 aromatic rings. The Labute approximate surface area is 94.8 Å². The Hall–Kier alpha value is -1.27. The molecule has 0 unspecified atom stereocenters. The molecule has 0 N–H and O–H groups in total. The molecule has 0 radical (unpaired) electrons. The molecule has 0 aliphatic carbocycles. The summed E-state index contributed by atoms with van der Waals surface area (Å²) in [6.45, 7) is 0.0658. The molecule has 0 spiro atoms. The van der Waals surface area contributed by atoms with E-state index in [0.717, 1.165) is 6.07 Å². The van der Waals surface area contributed by atoms with E-state index in [1.165, 1.54) is 6.07 Å². The molecule has 1 rings (SSSR count). The van der Waals surface area contributed by atoms with Crippen molar-refractivity contribution in [3.05, 3.63) is 27.1 Å². The minimum absolute atomic E-state index is 0.0658. The van der Waals surface area contributed by atoms with Crippen LogP contribution in [0.3, 0.4) is 0 Å². The molecule has 0 saturated carbocycles. The number of rotatable bonds is 2. The van der Waals surface area contributed by atoms with Crippen LogP contribution in [0.5, 0.6) is 5.75 Å². The van der Waals surface area contributed by atoms with Gasteiger partial charge in [-0.05, 0) is 34.7 Å². The number of hydrogen-bond acceptors (Lipinski definition) is 2. The smallest absolute Gasteiger partial charge is 0.152 e. The minimum atomic E-state index is -0.459. The highest BCUT2D eigenvalue weighted by Crippen LogP contribution is 2.26. The molecule has 0 aromatic heterocycles. The molecule has 0 amide bonds. The molecule has 0 fully saturated rings. The lowest BCUT2D eigenvalue weighted by atomic mass is 10.2. The van der Waals surface area contributed by atoms with Gasteiger partial charge in [-0.1, -0.05) is 5.92 Å². The van der Waals surface area contributed by atoms with Gasteiger partial charge in [0.25, 0.3) is 0 Å². The van der Waals surface area contributed by atoms with Crippen molar-refractivity contribution in [2.45, 2.75) is 0 Å². The van der Waals surface area contributed by atoms with E-state index in [9.17, 15) is 4.39 Å². The van der Waals surface area contributed by atoms with E-state index in [0.29, 0.717) is 9.32 Å². The van der Waals surface area contributed by atoms with Crippen molar-refractivity contribution in [3.8, 4) is 24.2 Å². The van der Waals surface area contributed by atoms with Gasteiger partial charge in [-0.3, -0.25) is 0 Å². The number of nitrogens with zero attached hydrogens (tertiary/aromatic N) is 1. The Bertz CT molecular complexity index is 431. The first kappa shape index (κ1) is 10.8. The molecule has 0 heterocycles. The standard InChI is InChI=1S/C10H5FINO/c1-2-3-14-10-7(6-13)4-8(11)5-9(10)12/h1,4-5H,3H2. The normalized spacial score (nSPS) is 8.86. The number of benzene rings is 1. The van der Waals surface area contributed by atoms with Crippen LogP contribution >= 0.6 is 22.6 Å². The fourth-order valence-corrected chi connectivity index (χ4v) is 1.65. The lowest BCUT2D eigenvalue weighted by Crippen LogP contribution is -1.99. The van der Waals surface area contributed by atoms with Crippen molar-refractivity contribution < 1.29 is 9.13 Å². The van der Waals surface area contributed by atoms with Gasteiger partial charge in [-0.15, -0.1) is 6.42 Å². The van der Waals surface area contributed by atoms with E-state index in [1.807, 2.05) is 28.7 Å². The van der Waals surface area contributed by atoms with Gasteiger partial charge in [0.15, 0.2) is 5.75 Å². The third-order valence-corrected chi connectivity index (χ3v) is 2.23. The highest BCUT2D eigenvalue weighted by molar-refractivity contribution is 14.1. The van der Waals surface area contributed by atoms with Gasteiger partial charge in [0, 0.05) is 0 Å². The average molecular weight is 301 g/mol. The largest absolute Gasteiger partial charge is 0.478 e. The monoisotopic (exact) mass is 301 g/mol. The Morgan fingerprint density at radius 2 is 2.29 bits per heavy atom. The predicted molar refractivity (Wildman–Crippen MR) is 58.2 cm³/mol. The summed E-state index contributed by atoms with van der Waals surface area (Å²) >= 11 is 1.89. The van der Waals surface area contributed by atoms with Gasteiger partial charge < -0.3 is 4.74 Å². The van der Waals surface area contributed by atoms with Gasteiger partial charge in [0.1, 0.15) is 18.5 Å². The highest BCUT2D eigenvalue weighted by Gasteiger charge is 2.09. The Kier molecular flexibility index (Phi) is 3.73. The van der Waals surface area contributed by atoms with E-state index in [-0.39, 0.29) is 12.2 Å². The fraction of sp³-hybridized carbons (Fsp3) is 0.100. The molecular formula is C10H5FINO. The maximum atomic E-state index is 12.9. The topological polar surface area (TPSA) is 33.0 Å². The van der Waals surface area contributed by atoms with E-state index in [4.69, 9.17) is 16.4 Å². The molecule has 1 aromatic carbocycles. The summed E-state index contributed by atoms with van der Waals surface area (Å²) in [5, 5.41) is 8.71. The second kappa shape index (κ2) is 4.83. The molecule has 0 bridgehead atoms. The molecule has 4 heteroatoms. The van der Waals surface area contributed by atoms with Crippen LogP contribution in [-0.2, 0) is 0 Å². The van der Waals surface area contributed by atoms with Gasteiger partial charge in [0.05, 0.1) is 9.13 Å². The second-order valence-electron chi connectivity index (χ2n) is 2.37. The maximum Gasteiger partial charge on any atom is 0.152 e. The van der Waals surface area contributed by atoms with Crippen molar-refractivity contribution in [2.24, 2.45) is 0 Å². The summed E-state index contributed by atoms with van der Waals surface area (Å²) in [6.07, 6.45) is 5.01. The van der Waals surface area contributed by atoms with Gasteiger partial charge in [-0.25, -0.2) is 4.39 Å². The van der Waals surface area contributed by atoms with Gasteiger partial charge in [0.2, 0.25) is 0 Å². The lowest BCUT2D eigenvalue weighted by Gasteiger charge is -2.06. The third-order valence-electron chi connectivity index (χ3n) is 1.43. The molecular weight excluding hydrogens is 296 g/mol. The maximum absolute atomic E-state index is 12.9. The summed E-state index contributed by atoms with van der Waals surface area (Å²) in [5.74, 6) is 2.16. The number of halogens is 2. The number of hydrogen-bond donors (Lipinski definition) is 0. The van der Waals surface area contributed by atoms with Crippen LogP contribution in [0, 0.1) is 33.1 Å². The van der Waals surface area contributed by atoms with Crippen LogP contribution < -0.4 is 4.74 Å². The number of nitriles is 1. The Balaban J connectivity index is 3.15. The van der Waals surface area contributed by atoms with E-state index < -0.39 is 5.82 Å². The van der Waals surface area contributed by atoms with E-state index in [2.05, 4.69) is 5.92 Å². The van der Waals surface area contributed by atoms with Gasteiger partial charge in [-0.2, -0.15) is 5.26 Å². The predicted octanol–water partition coefficient (Wildman–Crippen LogP) is 2.31. The van der Waals surface area contributed by atoms with Crippen molar-refractivity contribution in [2.75, 3.05) is 6.61 Å². The van der Waals surface area contributed by atoms with Crippen LogP contribution in [0.1, 0.15) is 5.56 Å². The average Bonchev–Trinajstić information content (AvgIpc) is 2.15. The molecule has 0 atom stereocenters. The van der Waals surface area contributed by atoms with Crippen LogP contribution in [0.25, 0.3) is 0 Å². The van der Waals surface area contributed by atoms with Crippen LogP contribution in [0.4, 0.5) is 4.39 Å². The van der Waals surface area contributed by atoms with Gasteiger partial charge >= 0.3 is 0 Å². The minimum Gasteiger partial charge on any atom is -0.478 e. The number of ether oxygens (including phenoxy) is 1. The first-order valence-corrected chi connectivity index (χ1v) is 4.72. The van der Waals surface area contributed by atoms with Crippen molar-refractivity contribution in [1.82, 2.24) is 0 Å². The molecule has 0 saturated heterocycles. The molecule has 0 aliphatic rings. The SMILES string of the molecule is C#CCOc1c(I)cc(F)cc1C#N. The molecule has 14 heavy (non-hydrogen) atoms. The first-order chi connectivity index (χ1) is 6.69. The third kappa shape index (κ3) is 2.36. The van der Waals surface area contributed by atoms with E-state index in [1.54, 1.807) is 0 Å². The quantitative estimate of drug-likeness (QED) is 0.620. The van der Waals surface area contributed by atoms with Crippen LogP contribution in [-0.4, -0.2) is 6.61 Å². The molecule has 0 aliphatic heterocycles. The zero-order valence-electron chi connectivity index (χ0n) is 7.05. The zero-order valence-corrected chi connectivity index (χ0v) is 9.21. The Morgan fingerprint density at radius 1 is 1.57 bits per heavy atom. The molecule has 70 valence electrons. The summed E-state index contributed by atoms with van der Waals surface area (Å²) in [6, 6.07) is 4.25. The van der Waals surface area contributed by atoms with E-state index >= 15 is 0 Å². The van der Waals surface area contributed by atoms with Crippen molar-refractivity contribution >= 4 is 22.6 Å². The van der Waals surface area contributed by atoms with Crippen molar-refractivity contribution in [3.63, 3.8) is 0 Å². The second-order valence-corrected chi connectivity index (χ2v) is 3.53. The summed E-state index contributed by atoms with van der Waals surface area (Å²) in [5.41, 5.74) is 0.157. The lowest BCUT2D eigenvalue weighted by molar-refractivity contribution is 0.365. The highest BCUT2D eigenvalue weighted by atomic mass is 127. The summed E-state index contributed by atoms with van der Waals surface area (Å²) in [7, 11) is 0. The number of terminal acetylenes is 1. The van der Waals surface area contributed by atoms with Crippen LogP contribution in [0.2, 0.25) is 0 Å². The molecule has 2 nitrogen and oxygen atoms in total. The van der Waals surface area contributed by atoms with Crippen molar-refractivity contribution in [1.29, 1.82) is 5.26 Å². The fourth-order valence-electron chi connectivity index (χ4n) is 0.904. The summed E-state index contributed by atoms with van der Waals surface area (Å²) < 4.78 is 18.5.